The first-order chi connectivity index (χ1) is 8.26. The molecular formula is C15H24N2. The Morgan fingerprint density at radius 1 is 1.29 bits per heavy atom. The van der Waals surface area contributed by atoms with Crippen molar-refractivity contribution in [2.24, 2.45) is 0 Å². The van der Waals surface area contributed by atoms with Crippen LogP contribution in [-0.2, 0) is 0 Å². The zero-order valence-electron chi connectivity index (χ0n) is 11.2. The van der Waals surface area contributed by atoms with Crippen LogP contribution in [0.25, 0.3) is 0 Å². The van der Waals surface area contributed by atoms with Crippen LogP contribution in [0.4, 0.5) is 5.69 Å². The monoisotopic (exact) mass is 232 g/mol. The van der Waals surface area contributed by atoms with Gasteiger partial charge in [-0.2, -0.15) is 0 Å². The van der Waals surface area contributed by atoms with Crippen molar-refractivity contribution < 1.29 is 0 Å². The van der Waals surface area contributed by atoms with E-state index in [4.69, 9.17) is 0 Å². The fourth-order valence-electron chi connectivity index (χ4n) is 2.53. The van der Waals surface area contributed by atoms with E-state index in [9.17, 15) is 0 Å². The molecule has 1 aromatic rings. The minimum Gasteiger partial charge on any atom is -0.372 e. The van der Waals surface area contributed by atoms with Crippen LogP contribution >= 0.6 is 0 Å². The number of nitrogens with zero attached hydrogens (tertiary/aromatic N) is 1. The summed E-state index contributed by atoms with van der Waals surface area (Å²) in [5.74, 6) is 0. The standard InChI is InChI=1S/C15H24N2/c1-4-15(16-2)12-8-10-14(11-9-12)17(3)13-6-5-7-13/h8-11,13,15-16H,4-7H2,1-3H3. The summed E-state index contributed by atoms with van der Waals surface area (Å²) in [6.07, 6.45) is 5.23. The van der Waals surface area contributed by atoms with Gasteiger partial charge in [0.15, 0.2) is 0 Å². The number of rotatable bonds is 5. The van der Waals surface area contributed by atoms with Gasteiger partial charge in [-0.3, -0.25) is 0 Å². The Morgan fingerprint density at radius 2 is 1.94 bits per heavy atom. The van der Waals surface area contributed by atoms with Crippen LogP contribution in [-0.4, -0.2) is 20.1 Å². The molecule has 0 radical (unpaired) electrons. The van der Waals surface area contributed by atoms with Crippen LogP contribution in [0, 0.1) is 0 Å². The zero-order valence-corrected chi connectivity index (χ0v) is 11.2. The Balaban J connectivity index is 2.06. The van der Waals surface area contributed by atoms with Gasteiger partial charge in [0.05, 0.1) is 0 Å². The fraction of sp³-hybridized carbons (Fsp3) is 0.600. The van der Waals surface area contributed by atoms with Crippen molar-refractivity contribution in [3.63, 3.8) is 0 Å². The SMILES string of the molecule is CCC(NC)c1ccc(N(C)C2CCC2)cc1. The van der Waals surface area contributed by atoms with E-state index in [2.05, 4.69) is 48.5 Å². The Morgan fingerprint density at radius 3 is 2.35 bits per heavy atom. The molecule has 2 rings (SSSR count). The molecule has 2 nitrogen and oxygen atoms in total. The molecule has 0 amide bonds. The third kappa shape index (κ3) is 2.63. The van der Waals surface area contributed by atoms with Gasteiger partial charge in [-0.15, -0.1) is 0 Å². The highest BCUT2D eigenvalue weighted by Crippen LogP contribution is 2.29. The van der Waals surface area contributed by atoms with Gasteiger partial charge >= 0.3 is 0 Å². The lowest BCUT2D eigenvalue weighted by molar-refractivity contribution is 0.401. The molecule has 17 heavy (non-hydrogen) atoms. The van der Waals surface area contributed by atoms with Gasteiger partial charge in [-0.1, -0.05) is 19.1 Å². The van der Waals surface area contributed by atoms with Gasteiger partial charge < -0.3 is 10.2 Å². The molecule has 0 saturated heterocycles. The van der Waals surface area contributed by atoms with Crippen molar-refractivity contribution in [2.45, 2.75) is 44.7 Å². The van der Waals surface area contributed by atoms with Crippen molar-refractivity contribution in [2.75, 3.05) is 19.0 Å². The summed E-state index contributed by atoms with van der Waals surface area (Å²) in [5.41, 5.74) is 2.74. The van der Waals surface area contributed by atoms with Gasteiger partial charge in [0.1, 0.15) is 0 Å². The van der Waals surface area contributed by atoms with Gasteiger partial charge in [-0.05, 0) is 50.4 Å². The molecule has 0 bridgehead atoms. The molecule has 0 heterocycles. The highest BCUT2D eigenvalue weighted by atomic mass is 15.1. The highest BCUT2D eigenvalue weighted by molar-refractivity contribution is 5.48. The molecule has 1 atom stereocenters. The maximum absolute atomic E-state index is 3.35. The summed E-state index contributed by atoms with van der Waals surface area (Å²) in [4.78, 5) is 2.42. The van der Waals surface area contributed by atoms with Crippen molar-refractivity contribution in [1.29, 1.82) is 0 Å². The van der Waals surface area contributed by atoms with E-state index in [0.717, 1.165) is 12.5 Å². The molecule has 1 saturated carbocycles. The first-order valence-electron chi connectivity index (χ1n) is 6.76. The molecule has 0 spiro atoms. The highest BCUT2D eigenvalue weighted by Gasteiger charge is 2.22. The predicted octanol–water partition coefficient (Wildman–Crippen LogP) is 3.35. The second-order valence-corrected chi connectivity index (χ2v) is 5.04. The van der Waals surface area contributed by atoms with E-state index in [1.165, 1.54) is 30.5 Å². The van der Waals surface area contributed by atoms with E-state index in [0.29, 0.717) is 6.04 Å². The van der Waals surface area contributed by atoms with E-state index in [-0.39, 0.29) is 0 Å². The third-order valence-corrected chi connectivity index (χ3v) is 4.08. The fourth-order valence-corrected chi connectivity index (χ4v) is 2.53. The molecule has 1 unspecified atom stereocenters. The second kappa shape index (κ2) is 5.54. The molecule has 1 aliphatic rings. The summed E-state index contributed by atoms with van der Waals surface area (Å²) in [6, 6.07) is 10.3. The Bertz CT molecular complexity index is 336. The number of benzene rings is 1. The number of hydrogen-bond donors (Lipinski definition) is 1. The lowest BCUT2D eigenvalue weighted by Gasteiger charge is -2.36. The van der Waals surface area contributed by atoms with Crippen LogP contribution in [0.15, 0.2) is 24.3 Å². The second-order valence-electron chi connectivity index (χ2n) is 5.04. The maximum Gasteiger partial charge on any atom is 0.0366 e. The number of hydrogen-bond acceptors (Lipinski definition) is 2. The van der Waals surface area contributed by atoms with Gasteiger partial charge in [0.25, 0.3) is 0 Å². The molecular weight excluding hydrogens is 208 g/mol. The molecule has 0 aliphatic heterocycles. The maximum atomic E-state index is 3.35. The molecule has 1 N–H and O–H groups in total. The van der Waals surface area contributed by atoms with E-state index < -0.39 is 0 Å². The van der Waals surface area contributed by atoms with E-state index in [1.807, 2.05) is 7.05 Å². The predicted molar refractivity (Wildman–Crippen MR) is 74.6 cm³/mol. The average Bonchev–Trinajstić information content (AvgIpc) is 2.29. The molecule has 2 heteroatoms. The Labute approximate surface area is 105 Å². The minimum atomic E-state index is 0.484. The summed E-state index contributed by atoms with van der Waals surface area (Å²) < 4.78 is 0. The van der Waals surface area contributed by atoms with Crippen molar-refractivity contribution in [1.82, 2.24) is 5.32 Å². The first-order valence-corrected chi connectivity index (χ1v) is 6.76. The van der Waals surface area contributed by atoms with Crippen LogP contribution in [0.5, 0.6) is 0 Å². The quantitative estimate of drug-likeness (QED) is 0.837. The number of anilines is 1. The largest absolute Gasteiger partial charge is 0.372 e. The molecule has 1 aromatic carbocycles. The van der Waals surface area contributed by atoms with Crippen LogP contribution in [0.2, 0.25) is 0 Å². The van der Waals surface area contributed by atoms with Gasteiger partial charge in [0.2, 0.25) is 0 Å². The van der Waals surface area contributed by atoms with Crippen LogP contribution in [0.3, 0.4) is 0 Å². The summed E-state index contributed by atoms with van der Waals surface area (Å²) in [5, 5.41) is 3.35. The topological polar surface area (TPSA) is 15.3 Å². The van der Waals surface area contributed by atoms with Gasteiger partial charge in [-0.25, -0.2) is 0 Å². The minimum absolute atomic E-state index is 0.484. The average molecular weight is 232 g/mol. The smallest absolute Gasteiger partial charge is 0.0366 e. The number of nitrogens with one attached hydrogen (secondary N) is 1. The Hall–Kier alpha value is -1.02. The Kier molecular flexibility index (Phi) is 4.06. The van der Waals surface area contributed by atoms with E-state index >= 15 is 0 Å². The molecule has 1 aliphatic carbocycles. The van der Waals surface area contributed by atoms with Crippen molar-refractivity contribution in [3.05, 3.63) is 29.8 Å². The normalized spacial score (nSPS) is 17.6. The third-order valence-electron chi connectivity index (χ3n) is 4.08. The van der Waals surface area contributed by atoms with Crippen molar-refractivity contribution in [3.8, 4) is 0 Å². The lowest BCUT2D eigenvalue weighted by Crippen LogP contribution is -2.37. The first kappa shape index (κ1) is 12.4. The van der Waals surface area contributed by atoms with Crippen LogP contribution < -0.4 is 10.2 Å². The molecule has 94 valence electrons. The molecule has 0 aromatic heterocycles. The molecule has 1 fully saturated rings. The lowest BCUT2D eigenvalue weighted by atomic mass is 9.91. The summed E-state index contributed by atoms with van der Waals surface area (Å²) in [7, 11) is 4.25. The zero-order chi connectivity index (χ0) is 12.3. The summed E-state index contributed by atoms with van der Waals surface area (Å²) in [6.45, 7) is 2.22. The van der Waals surface area contributed by atoms with Gasteiger partial charge in [0, 0.05) is 24.8 Å². The van der Waals surface area contributed by atoms with Crippen LogP contribution in [0.1, 0.15) is 44.2 Å². The summed E-state index contributed by atoms with van der Waals surface area (Å²) >= 11 is 0. The van der Waals surface area contributed by atoms with Crippen molar-refractivity contribution >= 4 is 5.69 Å². The van der Waals surface area contributed by atoms with E-state index in [1.54, 1.807) is 0 Å².